The first-order valence-corrected chi connectivity index (χ1v) is 4.57. The van der Waals surface area contributed by atoms with Crippen molar-refractivity contribution in [2.24, 2.45) is 0 Å². The molecule has 0 spiro atoms. The van der Waals surface area contributed by atoms with Crippen LogP contribution in [0.4, 0.5) is 0 Å². The maximum Gasteiger partial charge on any atom is 0.337 e. The van der Waals surface area contributed by atoms with Crippen LogP contribution in [0.2, 0.25) is 0 Å². The summed E-state index contributed by atoms with van der Waals surface area (Å²) in [7, 11) is 1.29. The van der Waals surface area contributed by atoms with E-state index in [-0.39, 0.29) is 0 Å². The van der Waals surface area contributed by atoms with Gasteiger partial charge in [0.05, 0.1) is 18.2 Å². The molecular weight excluding hydrogens is 210 g/mol. The summed E-state index contributed by atoms with van der Waals surface area (Å²) in [6.45, 7) is 0. The summed E-state index contributed by atoms with van der Waals surface area (Å²) in [6.07, 6.45) is 0. The van der Waals surface area contributed by atoms with Crippen LogP contribution >= 0.6 is 0 Å². The molecule has 1 heterocycles. The molecular formula is C11H9NO4. The predicted octanol–water partition coefficient (Wildman–Crippen LogP) is 1.03. The Balaban J connectivity index is 2.69. The number of pyridine rings is 1. The van der Waals surface area contributed by atoms with Gasteiger partial charge in [0, 0.05) is 11.5 Å². The molecule has 0 fully saturated rings. The van der Waals surface area contributed by atoms with Gasteiger partial charge in [0.1, 0.15) is 0 Å². The summed E-state index contributed by atoms with van der Waals surface area (Å²) < 4.78 is 5.11. The van der Waals surface area contributed by atoms with Crippen LogP contribution < -0.4 is 5.56 Å². The molecule has 1 aromatic heterocycles. The molecule has 2 aromatic rings. The number of fused-ring (bicyclic) bond motifs is 1. The molecule has 0 saturated carbocycles. The highest BCUT2D eigenvalue weighted by atomic mass is 16.5. The molecule has 16 heavy (non-hydrogen) atoms. The third kappa shape index (κ3) is 1.52. The topological polar surface area (TPSA) is 68.5 Å². The number of nitrogens with zero attached hydrogens (tertiary/aromatic N) is 1. The van der Waals surface area contributed by atoms with Crippen LogP contribution in [0.1, 0.15) is 10.4 Å². The van der Waals surface area contributed by atoms with Gasteiger partial charge in [0.25, 0.3) is 5.56 Å². The zero-order chi connectivity index (χ0) is 11.7. The number of benzene rings is 1. The average Bonchev–Trinajstić information content (AvgIpc) is 2.32. The van der Waals surface area contributed by atoms with E-state index in [1.54, 1.807) is 6.07 Å². The second-order valence-corrected chi connectivity index (χ2v) is 3.25. The summed E-state index contributed by atoms with van der Waals surface area (Å²) in [5, 5.41) is 10.0. The van der Waals surface area contributed by atoms with Gasteiger partial charge in [0.15, 0.2) is 0 Å². The van der Waals surface area contributed by atoms with Crippen molar-refractivity contribution in [3.63, 3.8) is 0 Å². The van der Waals surface area contributed by atoms with Crippen molar-refractivity contribution < 1.29 is 14.7 Å². The van der Waals surface area contributed by atoms with Gasteiger partial charge in [-0.05, 0) is 24.3 Å². The van der Waals surface area contributed by atoms with Crippen molar-refractivity contribution in [1.29, 1.82) is 0 Å². The van der Waals surface area contributed by atoms with Gasteiger partial charge in [-0.15, -0.1) is 4.73 Å². The standard InChI is InChI=1S/C11H9NO4/c1-16-11(14)8-2-4-9-7(6-8)3-5-10(13)12(9)15/h2-6,15H,1H3. The second kappa shape index (κ2) is 3.69. The van der Waals surface area contributed by atoms with Gasteiger partial charge in [-0.2, -0.15) is 0 Å². The Morgan fingerprint density at radius 1 is 1.31 bits per heavy atom. The Bertz CT molecular complexity index is 615. The second-order valence-electron chi connectivity index (χ2n) is 3.25. The number of esters is 1. The first kappa shape index (κ1) is 10.2. The van der Waals surface area contributed by atoms with Crippen molar-refractivity contribution >= 4 is 16.9 Å². The molecule has 0 radical (unpaired) electrons. The number of rotatable bonds is 1. The van der Waals surface area contributed by atoms with Crippen molar-refractivity contribution in [2.45, 2.75) is 0 Å². The highest BCUT2D eigenvalue weighted by Gasteiger charge is 2.07. The van der Waals surface area contributed by atoms with Crippen LogP contribution in [-0.4, -0.2) is 23.0 Å². The number of methoxy groups -OCH3 is 1. The molecule has 82 valence electrons. The number of hydrogen-bond donors (Lipinski definition) is 1. The summed E-state index contributed by atoms with van der Waals surface area (Å²) in [5.74, 6) is -0.461. The Morgan fingerprint density at radius 2 is 2.06 bits per heavy atom. The Labute approximate surface area is 90.5 Å². The SMILES string of the molecule is COC(=O)c1ccc2c(ccc(=O)n2O)c1. The summed E-state index contributed by atoms with van der Waals surface area (Å²) in [4.78, 5) is 22.4. The lowest BCUT2D eigenvalue weighted by Gasteiger charge is -2.04. The van der Waals surface area contributed by atoms with Crippen LogP contribution in [0.3, 0.4) is 0 Å². The van der Waals surface area contributed by atoms with Gasteiger partial charge in [-0.25, -0.2) is 4.79 Å². The first-order chi connectivity index (χ1) is 7.63. The van der Waals surface area contributed by atoms with E-state index in [0.717, 1.165) is 0 Å². The molecule has 1 aromatic carbocycles. The summed E-state index contributed by atoms with van der Waals surface area (Å²) in [6, 6.07) is 7.29. The van der Waals surface area contributed by atoms with Gasteiger partial charge in [-0.1, -0.05) is 0 Å². The molecule has 0 amide bonds. The quantitative estimate of drug-likeness (QED) is 0.574. The van der Waals surface area contributed by atoms with E-state index in [0.29, 0.717) is 21.2 Å². The number of aromatic nitrogens is 1. The predicted molar refractivity (Wildman–Crippen MR) is 56.7 cm³/mol. The van der Waals surface area contributed by atoms with Crippen molar-refractivity contribution in [3.8, 4) is 0 Å². The van der Waals surface area contributed by atoms with E-state index >= 15 is 0 Å². The van der Waals surface area contributed by atoms with Crippen LogP contribution in [-0.2, 0) is 4.74 Å². The molecule has 1 N–H and O–H groups in total. The maximum atomic E-state index is 11.3. The maximum absolute atomic E-state index is 11.3. The fourth-order valence-corrected chi connectivity index (χ4v) is 1.48. The lowest BCUT2D eigenvalue weighted by molar-refractivity contribution is 0.0601. The number of ether oxygens (including phenoxy) is 1. The van der Waals surface area contributed by atoms with E-state index in [2.05, 4.69) is 4.74 Å². The van der Waals surface area contributed by atoms with E-state index in [9.17, 15) is 14.8 Å². The molecule has 0 unspecified atom stereocenters. The largest absolute Gasteiger partial charge is 0.465 e. The highest BCUT2D eigenvalue weighted by Crippen LogP contribution is 2.14. The Kier molecular flexibility index (Phi) is 2.36. The van der Waals surface area contributed by atoms with E-state index in [1.807, 2.05) is 0 Å². The van der Waals surface area contributed by atoms with Crippen molar-refractivity contribution in [1.82, 2.24) is 4.73 Å². The summed E-state index contributed by atoms with van der Waals surface area (Å²) >= 11 is 0. The van der Waals surface area contributed by atoms with Crippen LogP contribution in [0.5, 0.6) is 0 Å². The zero-order valence-corrected chi connectivity index (χ0v) is 8.51. The number of carbonyl (C=O) groups excluding carboxylic acids is 1. The van der Waals surface area contributed by atoms with Gasteiger partial charge in [-0.3, -0.25) is 4.79 Å². The molecule has 0 aliphatic heterocycles. The first-order valence-electron chi connectivity index (χ1n) is 4.57. The number of carbonyl (C=O) groups is 1. The minimum absolute atomic E-state index is 0.347. The van der Waals surface area contributed by atoms with Crippen LogP contribution in [0.25, 0.3) is 10.9 Å². The smallest absolute Gasteiger partial charge is 0.337 e. The molecule has 0 atom stereocenters. The lowest BCUT2D eigenvalue weighted by atomic mass is 10.1. The monoisotopic (exact) mass is 219 g/mol. The van der Waals surface area contributed by atoms with E-state index in [1.165, 1.54) is 31.4 Å². The molecule has 5 heteroatoms. The van der Waals surface area contributed by atoms with Gasteiger partial charge < -0.3 is 9.94 Å². The third-order valence-electron chi connectivity index (χ3n) is 2.29. The molecule has 0 bridgehead atoms. The molecule has 0 saturated heterocycles. The Hall–Kier alpha value is -2.30. The van der Waals surface area contributed by atoms with E-state index < -0.39 is 11.5 Å². The van der Waals surface area contributed by atoms with Crippen LogP contribution in [0, 0.1) is 0 Å². The third-order valence-corrected chi connectivity index (χ3v) is 2.29. The fourth-order valence-electron chi connectivity index (χ4n) is 1.48. The normalized spacial score (nSPS) is 10.3. The van der Waals surface area contributed by atoms with Gasteiger partial charge >= 0.3 is 5.97 Å². The van der Waals surface area contributed by atoms with Crippen molar-refractivity contribution in [2.75, 3.05) is 7.11 Å². The molecule has 0 aliphatic carbocycles. The highest BCUT2D eigenvalue weighted by molar-refractivity contribution is 5.94. The zero-order valence-electron chi connectivity index (χ0n) is 8.51. The van der Waals surface area contributed by atoms with Gasteiger partial charge in [0.2, 0.25) is 0 Å². The minimum atomic E-state index is -0.515. The van der Waals surface area contributed by atoms with Crippen LogP contribution in [0.15, 0.2) is 35.1 Å². The molecule has 2 rings (SSSR count). The summed E-state index contributed by atoms with van der Waals surface area (Å²) in [5.41, 5.74) is 0.201. The van der Waals surface area contributed by atoms with Crippen molar-refractivity contribution in [3.05, 3.63) is 46.2 Å². The minimum Gasteiger partial charge on any atom is -0.465 e. The average molecular weight is 219 g/mol. The molecule has 5 nitrogen and oxygen atoms in total. The number of hydrogen-bond acceptors (Lipinski definition) is 4. The van der Waals surface area contributed by atoms with E-state index in [4.69, 9.17) is 0 Å². The molecule has 0 aliphatic rings. The Morgan fingerprint density at radius 3 is 2.75 bits per heavy atom. The fraction of sp³-hybridized carbons (Fsp3) is 0.0909. The lowest BCUT2D eigenvalue weighted by Crippen LogP contribution is -2.16.